The second-order valence-corrected chi connectivity index (χ2v) is 4.04. The monoisotopic (exact) mass is 280 g/mol. The number of amides is 2. The molecule has 0 aliphatic heterocycles. The van der Waals surface area contributed by atoms with Crippen molar-refractivity contribution in [2.45, 2.75) is 18.9 Å². The second-order valence-electron chi connectivity index (χ2n) is 4.04. The average molecular weight is 280 g/mol. The van der Waals surface area contributed by atoms with Crippen molar-refractivity contribution < 1.29 is 24.2 Å². The zero-order valence-electron chi connectivity index (χ0n) is 10.7. The molecule has 0 aromatic heterocycles. The highest BCUT2D eigenvalue weighted by molar-refractivity contribution is 5.88. The average Bonchev–Trinajstić information content (AvgIpc) is 2.38. The van der Waals surface area contributed by atoms with Gasteiger partial charge in [0.2, 0.25) is 11.8 Å². The van der Waals surface area contributed by atoms with Gasteiger partial charge in [0.05, 0.1) is 19.4 Å². The van der Waals surface area contributed by atoms with Crippen molar-refractivity contribution in [2.24, 2.45) is 5.73 Å². The first kappa shape index (κ1) is 15.5. The van der Waals surface area contributed by atoms with E-state index in [-0.39, 0.29) is 13.0 Å². The Hall–Kier alpha value is -2.57. The Morgan fingerprint density at radius 1 is 1.25 bits per heavy atom. The number of para-hydroxylation sites is 1. The van der Waals surface area contributed by atoms with Crippen LogP contribution >= 0.6 is 0 Å². The van der Waals surface area contributed by atoms with Crippen molar-refractivity contribution in [1.82, 2.24) is 5.32 Å². The number of carbonyl (C=O) groups excluding carboxylic acids is 2. The number of carbonyl (C=O) groups is 3. The van der Waals surface area contributed by atoms with E-state index < -0.39 is 30.2 Å². The predicted octanol–water partition coefficient (Wildman–Crippen LogP) is -0.0997. The molecule has 0 unspecified atom stereocenters. The number of hydrogen-bond acceptors (Lipinski definition) is 4. The first-order chi connectivity index (χ1) is 9.49. The van der Waals surface area contributed by atoms with E-state index >= 15 is 0 Å². The van der Waals surface area contributed by atoms with Crippen LogP contribution in [0.15, 0.2) is 30.3 Å². The van der Waals surface area contributed by atoms with E-state index in [1.165, 1.54) is 0 Å². The Bertz CT molecular complexity index is 475. The highest BCUT2D eigenvalue weighted by Gasteiger charge is 2.21. The molecule has 0 radical (unpaired) electrons. The molecule has 20 heavy (non-hydrogen) atoms. The zero-order valence-corrected chi connectivity index (χ0v) is 10.7. The molecule has 1 aromatic carbocycles. The van der Waals surface area contributed by atoms with E-state index in [1.807, 2.05) is 6.07 Å². The lowest BCUT2D eigenvalue weighted by Gasteiger charge is -2.13. The fourth-order valence-corrected chi connectivity index (χ4v) is 1.45. The fraction of sp³-hybridized carbons (Fsp3) is 0.308. The maximum Gasteiger partial charge on any atom is 0.326 e. The lowest BCUT2D eigenvalue weighted by atomic mass is 10.2. The molecule has 108 valence electrons. The first-order valence-electron chi connectivity index (χ1n) is 5.97. The van der Waals surface area contributed by atoms with Crippen molar-refractivity contribution in [3.63, 3.8) is 0 Å². The van der Waals surface area contributed by atoms with Crippen LogP contribution in [0.3, 0.4) is 0 Å². The molecule has 0 saturated carbocycles. The maximum atomic E-state index is 11.5. The SMILES string of the molecule is NC(=O)C[C@@H](NC(=O)CCOc1ccccc1)C(=O)O. The van der Waals surface area contributed by atoms with Gasteiger partial charge >= 0.3 is 5.97 Å². The van der Waals surface area contributed by atoms with E-state index in [4.69, 9.17) is 15.6 Å². The molecule has 2 amide bonds. The van der Waals surface area contributed by atoms with Crippen LogP contribution in [0.4, 0.5) is 0 Å². The molecule has 1 rings (SSSR count). The molecule has 1 aromatic rings. The third kappa shape index (κ3) is 5.85. The highest BCUT2D eigenvalue weighted by atomic mass is 16.5. The van der Waals surface area contributed by atoms with Crippen LogP contribution in [0, 0.1) is 0 Å². The smallest absolute Gasteiger partial charge is 0.326 e. The lowest BCUT2D eigenvalue weighted by molar-refractivity contribution is -0.143. The number of nitrogens with two attached hydrogens (primary N) is 1. The number of rotatable bonds is 8. The summed E-state index contributed by atoms with van der Waals surface area (Å²) in [7, 11) is 0. The zero-order chi connectivity index (χ0) is 15.0. The van der Waals surface area contributed by atoms with Crippen LogP contribution in [0.1, 0.15) is 12.8 Å². The molecule has 0 spiro atoms. The van der Waals surface area contributed by atoms with Crippen LogP contribution in [-0.2, 0) is 14.4 Å². The number of nitrogens with one attached hydrogen (secondary N) is 1. The third-order valence-corrected chi connectivity index (χ3v) is 2.38. The number of carboxylic acids is 1. The number of ether oxygens (including phenoxy) is 1. The number of benzene rings is 1. The van der Waals surface area contributed by atoms with Gasteiger partial charge in [-0.1, -0.05) is 18.2 Å². The standard InChI is InChI=1S/C13H16N2O5/c14-11(16)8-10(13(18)19)15-12(17)6-7-20-9-4-2-1-3-5-9/h1-5,10H,6-8H2,(H2,14,16)(H,15,17)(H,18,19)/t10-/m1/s1. The van der Waals surface area contributed by atoms with Gasteiger partial charge in [-0.25, -0.2) is 4.79 Å². The molecule has 0 saturated heterocycles. The Kier molecular flexibility index (Phi) is 6.02. The maximum absolute atomic E-state index is 11.5. The second kappa shape index (κ2) is 7.78. The summed E-state index contributed by atoms with van der Waals surface area (Å²) < 4.78 is 5.30. The summed E-state index contributed by atoms with van der Waals surface area (Å²) in [5.41, 5.74) is 4.90. The largest absolute Gasteiger partial charge is 0.493 e. The van der Waals surface area contributed by atoms with Crippen LogP contribution < -0.4 is 15.8 Å². The minimum absolute atomic E-state index is 0.0164. The quantitative estimate of drug-likeness (QED) is 0.614. The van der Waals surface area contributed by atoms with Crippen LogP contribution in [0.2, 0.25) is 0 Å². The van der Waals surface area contributed by atoms with Gasteiger partial charge in [0.15, 0.2) is 0 Å². The van der Waals surface area contributed by atoms with Gasteiger partial charge in [0.25, 0.3) is 0 Å². The third-order valence-electron chi connectivity index (χ3n) is 2.38. The van der Waals surface area contributed by atoms with E-state index in [9.17, 15) is 14.4 Å². The molecular weight excluding hydrogens is 264 g/mol. The Labute approximate surface area is 115 Å². The Morgan fingerprint density at radius 2 is 1.90 bits per heavy atom. The molecule has 0 aliphatic rings. The van der Waals surface area contributed by atoms with Gasteiger partial charge in [-0.2, -0.15) is 0 Å². The van der Waals surface area contributed by atoms with Crippen LogP contribution in [0.25, 0.3) is 0 Å². The molecule has 4 N–H and O–H groups in total. The predicted molar refractivity (Wildman–Crippen MR) is 69.9 cm³/mol. The number of carboxylic acid groups (broad SMARTS) is 1. The molecular formula is C13H16N2O5. The molecule has 0 heterocycles. The Morgan fingerprint density at radius 3 is 2.45 bits per heavy atom. The molecule has 7 nitrogen and oxygen atoms in total. The summed E-state index contributed by atoms with van der Waals surface area (Å²) in [6.07, 6.45) is -0.460. The van der Waals surface area contributed by atoms with Crippen molar-refractivity contribution in [2.75, 3.05) is 6.61 Å². The summed E-state index contributed by atoms with van der Waals surface area (Å²) in [5, 5.41) is 11.0. The summed E-state index contributed by atoms with van der Waals surface area (Å²) in [6.45, 7) is 0.110. The minimum Gasteiger partial charge on any atom is -0.493 e. The normalized spacial score (nSPS) is 11.4. The Balaban J connectivity index is 2.35. The lowest BCUT2D eigenvalue weighted by Crippen LogP contribution is -2.43. The molecule has 0 bridgehead atoms. The summed E-state index contributed by atoms with van der Waals surface area (Å²) in [5.74, 6) is -2.00. The summed E-state index contributed by atoms with van der Waals surface area (Å²) in [6, 6.07) is 7.60. The fourth-order valence-electron chi connectivity index (χ4n) is 1.45. The summed E-state index contributed by atoms with van der Waals surface area (Å²) >= 11 is 0. The van der Waals surface area contributed by atoms with Crippen molar-refractivity contribution in [1.29, 1.82) is 0 Å². The van der Waals surface area contributed by atoms with Crippen LogP contribution in [-0.4, -0.2) is 35.5 Å². The van der Waals surface area contributed by atoms with Gasteiger partial charge in [0, 0.05) is 0 Å². The van der Waals surface area contributed by atoms with E-state index in [0.717, 1.165) is 0 Å². The molecule has 7 heteroatoms. The van der Waals surface area contributed by atoms with Gasteiger partial charge in [-0.3, -0.25) is 9.59 Å². The van der Waals surface area contributed by atoms with Crippen molar-refractivity contribution in [3.8, 4) is 5.75 Å². The molecule has 0 fully saturated rings. The van der Waals surface area contributed by atoms with Crippen LogP contribution in [0.5, 0.6) is 5.75 Å². The summed E-state index contributed by atoms with van der Waals surface area (Å²) in [4.78, 5) is 33.0. The number of hydrogen-bond donors (Lipinski definition) is 3. The number of aliphatic carboxylic acids is 1. The molecule has 0 aliphatic carbocycles. The topological polar surface area (TPSA) is 119 Å². The first-order valence-corrected chi connectivity index (χ1v) is 5.97. The minimum atomic E-state index is -1.31. The molecule has 1 atom stereocenters. The number of primary amides is 1. The van der Waals surface area contributed by atoms with Gasteiger partial charge < -0.3 is 20.9 Å². The van der Waals surface area contributed by atoms with Gasteiger partial charge in [0.1, 0.15) is 11.8 Å². The van der Waals surface area contributed by atoms with E-state index in [0.29, 0.717) is 5.75 Å². The van der Waals surface area contributed by atoms with Gasteiger partial charge in [-0.15, -0.1) is 0 Å². The highest BCUT2D eigenvalue weighted by Crippen LogP contribution is 2.08. The van der Waals surface area contributed by atoms with Crippen molar-refractivity contribution in [3.05, 3.63) is 30.3 Å². The van der Waals surface area contributed by atoms with E-state index in [1.54, 1.807) is 24.3 Å². The van der Waals surface area contributed by atoms with Gasteiger partial charge in [-0.05, 0) is 12.1 Å². The van der Waals surface area contributed by atoms with E-state index in [2.05, 4.69) is 5.32 Å². The van der Waals surface area contributed by atoms with Crippen molar-refractivity contribution >= 4 is 17.8 Å².